The van der Waals surface area contributed by atoms with Crippen molar-refractivity contribution in [3.63, 3.8) is 0 Å². The molecule has 1 heterocycles. The molecule has 3 rings (SSSR count). The zero-order valence-electron chi connectivity index (χ0n) is 10.6. The van der Waals surface area contributed by atoms with E-state index in [1.54, 1.807) is 12.1 Å². The smallest absolute Gasteiger partial charge is 0.310 e. The maximum Gasteiger partial charge on any atom is 0.310 e. The average molecular weight is 266 g/mol. The fourth-order valence-corrected chi connectivity index (χ4v) is 3.01. The Kier molecular flexibility index (Phi) is 2.57. The van der Waals surface area contributed by atoms with Gasteiger partial charge in [-0.3, -0.25) is 4.79 Å². The van der Waals surface area contributed by atoms with Crippen molar-refractivity contribution in [2.75, 3.05) is 20.3 Å². The lowest BCUT2D eigenvalue weighted by Gasteiger charge is -2.46. The quantitative estimate of drug-likeness (QED) is 0.905. The number of aliphatic carboxylic acids is 1. The van der Waals surface area contributed by atoms with Crippen LogP contribution in [-0.2, 0) is 14.9 Å². The van der Waals surface area contributed by atoms with Crippen molar-refractivity contribution in [1.29, 1.82) is 0 Å². The van der Waals surface area contributed by atoms with Crippen molar-refractivity contribution >= 4 is 5.97 Å². The number of hydrogen-bond acceptors (Lipinski definition) is 3. The minimum atomic E-state index is -0.813. The van der Waals surface area contributed by atoms with Crippen LogP contribution in [0.5, 0.6) is 5.75 Å². The monoisotopic (exact) mass is 266 g/mol. The van der Waals surface area contributed by atoms with Gasteiger partial charge >= 0.3 is 5.97 Å². The van der Waals surface area contributed by atoms with Crippen LogP contribution >= 0.6 is 0 Å². The summed E-state index contributed by atoms with van der Waals surface area (Å²) in [7, 11) is 1.40. The number of rotatable bonds is 4. The SMILES string of the molecule is COc1ccc(C2(C3(C(=O)O)CC3)COC2)cc1F. The number of carboxylic acids is 1. The first-order valence-electron chi connectivity index (χ1n) is 6.21. The predicted octanol–water partition coefficient (Wildman–Crippen LogP) is 1.97. The summed E-state index contributed by atoms with van der Waals surface area (Å²) in [5.74, 6) is -1.11. The van der Waals surface area contributed by atoms with Crippen LogP contribution in [0.2, 0.25) is 0 Å². The van der Waals surface area contributed by atoms with Gasteiger partial charge in [0.15, 0.2) is 11.6 Å². The third kappa shape index (κ3) is 1.51. The van der Waals surface area contributed by atoms with Gasteiger partial charge in [-0.2, -0.15) is 0 Å². The fraction of sp³-hybridized carbons (Fsp3) is 0.500. The van der Waals surface area contributed by atoms with Gasteiger partial charge in [-0.1, -0.05) is 6.07 Å². The van der Waals surface area contributed by atoms with Crippen LogP contribution in [0, 0.1) is 11.2 Å². The van der Waals surface area contributed by atoms with Crippen LogP contribution in [0.4, 0.5) is 4.39 Å². The molecule has 1 N–H and O–H groups in total. The van der Waals surface area contributed by atoms with Crippen LogP contribution < -0.4 is 4.74 Å². The van der Waals surface area contributed by atoms with Crippen molar-refractivity contribution in [3.8, 4) is 5.75 Å². The molecule has 0 radical (unpaired) electrons. The molecule has 1 saturated heterocycles. The summed E-state index contributed by atoms with van der Waals surface area (Å²) in [6.45, 7) is 0.677. The van der Waals surface area contributed by atoms with Crippen molar-refractivity contribution < 1.29 is 23.8 Å². The Morgan fingerprint density at radius 3 is 2.47 bits per heavy atom. The normalized spacial score (nSPS) is 22.4. The molecule has 5 heteroatoms. The lowest BCUT2D eigenvalue weighted by Crippen LogP contribution is -2.56. The van der Waals surface area contributed by atoms with Crippen molar-refractivity contribution in [1.82, 2.24) is 0 Å². The first kappa shape index (κ1) is 12.4. The average Bonchev–Trinajstić information content (AvgIpc) is 3.10. The molecule has 1 aromatic carbocycles. The van der Waals surface area contributed by atoms with E-state index in [-0.39, 0.29) is 5.75 Å². The van der Waals surface area contributed by atoms with Crippen LogP contribution in [0.25, 0.3) is 0 Å². The molecule has 1 aliphatic carbocycles. The molecule has 2 fully saturated rings. The molecule has 0 aromatic heterocycles. The highest BCUT2D eigenvalue weighted by Gasteiger charge is 2.68. The number of hydrogen-bond donors (Lipinski definition) is 1. The van der Waals surface area contributed by atoms with E-state index in [1.807, 2.05) is 0 Å². The molecule has 0 atom stereocenters. The van der Waals surface area contributed by atoms with Crippen LogP contribution in [0.3, 0.4) is 0 Å². The summed E-state index contributed by atoms with van der Waals surface area (Å²) in [5, 5.41) is 9.46. The number of methoxy groups -OCH3 is 1. The second kappa shape index (κ2) is 3.93. The van der Waals surface area contributed by atoms with Gasteiger partial charge in [0.2, 0.25) is 0 Å². The van der Waals surface area contributed by atoms with Gasteiger partial charge in [-0.15, -0.1) is 0 Å². The summed E-state index contributed by atoms with van der Waals surface area (Å²) in [4.78, 5) is 11.5. The largest absolute Gasteiger partial charge is 0.494 e. The first-order chi connectivity index (χ1) is 9.06. The van der Waals surface area contributed by atoms with Crippen LogP contribution in [0.15, 0.2) is 18.2 Å². The summed E-state index contributed by atoms with van der Waals surface area (Å²) >= 11 is 0. The maximum atomic E-state index is 13.8. The van der Waals surface area contributed by atoms with E-state index >= 15 is 0 Å². The zero-order chi connectivity index (χ0) is 13.7. The molecule has 0 amide bonds. The summed E-state index contributed by atoms with van der Waals surface area (Å²) in [5.41, 5.74) is -0.685. The number of halogens is 1. The third-order valence-corrected chi connectivity index (χ3v) is 4.48. The van der Waals surface area contributed by atoms with Gasteiger partial charge < -0.3 is 14.6 Å². The number of benzene rings is 1. The molecule has 1 aliphatic heterocycles. The Labute approximate surface area is 110 Å². The molecular weight excluding hydrogens is 251 g/mol. The van der Waals surface area contributed by atoms with E-state index in [0.29, 0.717) is 31.6 Å². The highest BCUT2D eigenvalue weighted by atomic mass is 19.1. The Morgan fingerprint density at radius 1 is 1.42 bits per heavy atom. The number of ether oxygens (including phenoxy) is 2. The van der Waals surface area contributed by atoms with Crippen molar-refractivity contribution in [3.05, 3.63) is 29.6 Å². The van der Waals surface area contributed by atoms with Gasteiger partial charge in [-0.25, -0.2) is 4.39 Å². The Morgan fingerprint density at radius 2 is 2.11 bits per heavy atom. The Bertz CT molecular complexity index is 532. The fourth-order valence-electron chi connectivity index (χ4n) is 3.01. The predicted molar refractivity (Wildman–Crippen MR) is 64.8 cm³/mol. The summed E-state index contributed by atoms with van der Waals surface area (Å²) in [6.07, 6.45) is 1.25. The highest BCUT2D eigenvalue weighted by molar-refractivity contribution is 5.81. The van der Waals surface area contributed by atoms with Crippen LogP contribution in [0.1, 0.15) is 18.4 Å². The minimum absolute atomic E-state index is 0.166. The second-order valence-corrected chi connectivity index (χ2v) is 5.31. The topological polar surface area (TPSA) is 55.8 Å². The lowest BCUT2D eigenvalue weighted by atomic mass is 9.66. The van der Waals surface area contributed by atoms with E-state index in [4.69, 9.17) is 9.47 Å². The molecule has 0 spiro atoms. The lowest BCUT2D eigenvalue weighted by molar-refractivity contribution is -0.161. The van der Waals surface area contributed by atoms with E-state index in [9.17, 15) is 14.3 Å². The molecule has 0 unspecified atom stereocenters. The Hall–Kier alpha value is -1.62. The highest BCUT2D eigenvalue weighted by Crippen LogP contribution is 2.62. The molecule has 2 aliphatic rings. The van der Waals surface area contributed by atoms with Crippen LogP contribution in [-0.4, -0.2) is 31.4 Å². The Balaban J connectivity index is 2.04. The maximum absolute atomic E-state index is 13.8. The van der Waals surface area contributed by atoms with E-state index in [0.717, 1.165) is 0 Å². The number of carbonyl (C=O) groups is 1. The van der Waals surface area contributed by atoms with Gasteiger partial charge in [0.1, 0.15) is 0 Å². The van der Waals surface area contributed by atoms with Gasteiger partial charge in [0.25, 0.3) is 0 Å². The zero-order valence-corrected chi connectivity index (χ0v) is 10.6. The van der Waals surface area contributed by atoms with E-state index < -0.39 is 22.6 Å². The van der Waals surface area contributed by atoms with E-state index in [1.165, 1.54) is 13.2 Å². The van der Waals surface area contributed by atoms with Gasteiger partial charge in [-0.05, 0) is 30.5 Å². The molecule has 102 valence electrons. The summed E-state index contributed by atoms with van der Waals surface area (Å²) < 4.78 is 24.0. The summed E-state index contributed by atoms with van der Waals surface area (Å²) in [6, 6.07) is 4.67. The number of carboxylic acid groups (broad SMARTS) is 1. The molecular formula is C14H15FO4. The molecule has 4 nitrogen and oxygen atoms in total. The third-order valence-electron chi connectivity index (χ3n) is 4.48. The van der Waals surface area contributed by atoms with Crippen molar-refractivity contribution in [2.24, 2.45) is 5.41 Å². The van der Waals surface area contributed by atoms with Crippen molar-refractivity contribution in [2.45, 2.75) is 18.3 Å². The standard InChI is InChI=1S/C14H15FO4/c1-18-11-3-2-9(6-10(11)15)14(7-19-8-14)13(4-5-13)12(16)17/h2-3,6H,4-5,7-8H2,1H3,(H,16,17). The molecule has 19 heavy (non-hydrogen) atoms. The molecule has 0 bridgehead atoms. The first-order valence-corrected chi connectivity index (χ1v) is 6.21. The van der Waals surface area contributed by atoms with E-state index in [2.05, 4.69) is 0 Å². The second-order valence-electron chi connectivity index (χ2n) is 5.31. The van der Waals surface area contributed by atoms with Gasteiger partial charge in [0.05, 0.1) is 31.2 Å². The van der Waals surface area contributed by atoms with Gasteiger partial charge in [0, 0.05) is 0 Å². The minimum Gasteiger partial charge on any atom is -0.494 e. The molecule has 1 aromatic rings. The molecule has 1 saturated carbocycles.